The number of carbonyl (C=O) groups is 1. The Bertz CT molecular complexity index is 1350. The zero-order valence-electron chi connectivity index (χ0n) is 21.3. The number of hydrogen-bond acceptors (Lipinski definition) is 4. The molecule has 0 unspecified atom stereocenters. The van der Waals surface area contributed by atoms with Crippen molar-refractivity contribution in [2.75, 3.05) is 0 Å². The highest BCUT2D eigenvalue weighted by atomic mass is 32.2. The van der Waals surface area contributed by atoms with Crippen LogP contribution < -0.4 is 5.32 Å². The van der Waals surface area contributed by atoms with Crippen LogP contribution in [0.4, 0.5) is 0 Å². The summed E-state index contributed by atoms with van der Waals surface area (Å²) in [6.07, 6.45) is 7.21. The standard InChI is InChI=1S/C30H34N4OS/c1-20-8-6-10-26(22(20)3)32-29(35)24-13-11-23(12-14-24)19-36-30-33-27-15-16-31-17-28(27)34(30)18-25-9-5-4-7-21(25)2/h4-5,7,9,11-17,20,22,26H,6,8,10,18-19H2,1-3H3,(H,32,35)/t20-,22+,26+/m0/s1. The fourth-order valence-corrected chi connectivity index (χ4v) is 6.08. The Labute approximate surface area is 217 Å². The monoisotopic (exact) mass is 498 g/mol. The van der Waals surface area contributed by atoms with E-state index in [1.54, 1.807) is 18.0 Å². The van der Waals surface area contributed by atoms with Crippen LogP contribution in [0.1, 0.15) is 60.2 Å². The summed E-state index contributed by atoms with van der Waals surface area (Å²) in [5.41, 5.74) is 6.45. The number of fused-ring (bicyclic) bond motifs is 1. The van der Waals surface area contributed by atoms with Gasteiger partial charge >= 0.3 is 0 Å². The second-order valence-corrected chi connectivity index (χ2v) is 11.0. The van der Waals surface area contributed by atoms with Gasteiger partial charge in [-0.25, -0.2) is 4.98 Å². The van der Waals surface area contributed by atoms with Crippen molar-refractivity contribution in [3.05, 3.63) is 89.2 Å². The zero-order valence-corrected chi connectivity index (χ0v) is 22.1. The van der Waals surface area contributed by atoms with Crippen LogP contribution in [-0.2, 0) is 12.3 Å². The molecule has 0 radical (unpaired) electrons. The van der Waals surface area contributed by atoms with Gasteiger partial charge in [0.05, 0.1) is 23.8 Å². The van der Waals surface area contributed by atoms with Gasteiger partial charge in [0, 0.05) is 23.6 Å². The molecule has 2 heterocycles. The number of imidazole rings is 1. The first-order valence-corrected chi connectivity index (χ1v) is 13.9. The van der Waals surface area contributed by atoms with Gasteiger partial charge in [-0.3, -0.25) is 9.78 Å². The minimum absolute atomic E-state index is 0.0349. The predicted octanol–water partition coefficient (Wildman–Crippen LogP) is 6.63. The van der Waals surface area contributed by atoms with E-state index in [0.717, 1.165) is 40.5 Å². The third-order valence-corrected chi connectivity index (χ3v) is 8.76. The van der Waals surface area contributed by atoms with Crippen LogP contribution in [0.25, 0.3) is 11.0 Å². The molecule has 1 amide bonds. The average molecular weight is 499 g/mol. The molecule has 1 aliphatic rings. The maximum atomic E-state index is 12.9. The van der Waals surface area contributed by atoms with Gasteiger partial charge in [-0.05, 0) is 60.1 Å². The first kappa shape index (κ1) is 24.6. The summed E-state index contributed by atoms with van der Waals surface area (Å²) < 4.78 is 2.25. The Balaban J connectivity index is 1.28. The number of pyridine rings is 1. The maximum Gasteiger partial charge on any atom is 0.251 e. The van der Waals surface area contributed by atoms with Crippen LogP contribution in [0, 0.1) is 18.8 Å². The molecule has 0 aliphatic heterocycles. The van der Waals surface area contributed by atoms with E-state index in [4.69, 9.17) is 4.98 Å². The van der Waals surface area contributed by atoms with E-state index >= 15 is 0 Å². The topological polar surface area (TPSA) is 59.8 Å². The fraction of sp³-hybridized carbons (Fsp3) is 0.367. The summed E-state index contributed by atoms with van der Waals surface area (Å²) in [6.45, 7) is 7.46. The number of benzene rings is 2. The highest BCUT2D eigenvalue weighted by Gasteiger charge is 2.28. The fourth-order valence-electron chi connectivity index (χ4n) is 5.11. The molecule has 6 heteroatoms. The first-order valence-electron chi connectivity index (χ1n) is 12.9. The number of carbonyl (C=O) groups excluding carboxylic acids is 1. The molecular formula is C30H34N4OS. The van der Waals surface area contributed by atoms with Crippen LogP contribution in [0.3, 0.4) is 0 Å². The lowest BCUT2D eigenvalue weighted by molar-refractivity contribution is 0.0891. The second kappa shape index (κ2) is 10.9. The van der Waals surface area contributed by atoms with Gasteiger partial charge in [0.15, 0.2) is 5.16 Å². The molecule has 0 saturated heterocycles. The molecule has 36 heavy (non-hydrogen) atoms. The Kier molecular flexibility index (Phi) is 7.42. The zero-order chi connectivity index (χ0) is 25.1. The van der Waals surface area contributed by atoms with Crippen molar-refractivity contribution < 1.29 is 4.79 Å². The molecular weight excluding hydrogens is 464 g/mol. The number of aryl methyl sites for hydroxylation is 1. The summed E-state index contributed by atoms with van der Waals surface area (Å²) in [4.78, 5) is 22.1. The van der Waals surface area contributed by atoms with Crippen LogP contribution in [0.2, 0.25) is 0 Å². The van der Waals surface area contributed by atoms with E-state index < -0.39 is 0 Å². The SMILES string of the molecule is Cc1ccccc1Cn1c(SCc2ccc(C(=O)N[C@@H]3CCC[C@H](C)[C@H]3C)cc2)nc2ccncc21. The Morgan fingerprint density at radius 2 is 1.89 bits per heavy atom. The van der Waals surface area contributed by atoms with E-state index in [2.05, 4.69) is 72.0 Å². The van der Waals surface area contributed by atoms with Gasteiger partial charge in [0.1, 0.15) is 0 Å². The van der Waals surface area contributed by atoms with Crippen molar-refractivity contribution in [1.82, 2.24) is 19.9 Å². The van der Waals surface area contributed by atoms with Gasteiger partial charge in [0.25, 0.3) is 5.91 Å². The van der Waals surface area contributed by atoms with E-state index in [1.165, 1.54) is 29.5 Å². The number of hydrogen-bond donors (Lipinski definition) is 1. The van der Waals surface area contributed by atoms with E-state index in [1.807, 2.05) is 24.4 Å². The predicted molar refractivity (Wildman–Crippen MR) is 147 cm³/mol. The smallest absolute Gasteiger partial charge is 0.251 e. The summed E-state index contributed by atoms with van der Waals surface area (Å²) >= 11 is 1.72. The molecule has 186 valence electrons. The molecule has 5 rings (SSSR count). The third kappa shape index (κ3) is 5.34. The van der Waals surface area contributed by atoms with Gasteiger partial charge in [-0.2, -0.15) is 0 Å². The summed E-state index contributed by atoms with van der Waals surface area (Å²) in [5.74, 6) is 2.00. The average Bonchev–Trinajstić information content (AvgIpc) is 3.24. The lowest BCUT2D eigenvalue weighted by atomic mass is 9.78. The van der Waals surface area contributed by atoms with Crippen LogP contribution in [-0.4, -0.2) is 26.5 Å². The highest BCUT2D eigenvalue weighted by Crippen LogP contribution is 2.30. The van der Waals surface area contributed by atoms with Gasteiger partial charge < -0.3 is 9.88 Å². The van der Waals surface area contributed by atoms with Crippen molar-refractivity contribution in [3.8, 4) is 0 Å². The molecule has 1 fully saturated rings. The third-order valence-electron chi connectivity index (χ3n) is 7.71. The first-order chi connectivity index (χ1) is 17.5. The quantitative estimate of drug-likeness (QED) is 0.290. The minimum atomic E-state index is 0.0349. The molecule has 5 nitrogen and oxygen atoms in total. The van der Waals surface area contributed by atoms with Crippen molar-refractivity contribution in [3.63, 3.8) is 0 Å². The number of nitrogens with one attached hydrogen (secondary N) is 1. The molecule has 0 spiro atoms. The summed E-state index contributed by atoms with van der Waals surface area (Å²) in [5, 5.41) is 4.25. The molecule has 1 N–H and O–H groups in total. The number of aromatic nitrogens is 3. The van der Waals surface area contributed by atoms with Crippen molar-refractivity contribution >= 4 is 28.7 Å². The Hall–Kier alpha value is -3.12. The highest BCUT2D eigenvalue weighted by molar-refractivity contribution is 7.98. The molecule has 3 atom stereocenters. The summed E-state index contributed by atoms with van der Waals surface area (Å²) in [6, 6.07) is 18.7. The number of nitrogens with zero attached hydrogens (tertiary/aromatic N) is 3. The molecule has 4 aromatic rings. The molecule has 2 aromatic carbocycles. The van der Waals surface area contributed by atoms with Gasteiger partial charge in [-0.15, -0.1) is 0 Å². The lowest BCUT2D eigenvalue weighted by Crippen LogP contribution is -2.43. The van der Waals surface area contributed by atoms with Crippen LogP contribution >= 0.6 is 11.8 Å². The van der Waals surface area contributed by atoms with E-state index in [0.29, 0.717) is 11.8 Å². The Morgan fingerprint density at radius 1 is 1.08 bits per heavy atom. The van der Waals surface area contributed by atoms with E-state index in [9.17, 15) is 4.79 Å². The molecule has 0 bridgehead atoms. The number of thioether (sulfide) groups is 1. The van der Waals surface area contributed by atoms with Crippen LogP contribution in [0.5, 0.6) is 0 Å². The minimum Gasteiger partial charge on any atom is -0.349 e. The second-order valence-electron chi connectivity index (χ2n) is 10.1. The largest absolute Gasteiger partial charge is 0.349 e. The van der Waals surface area contributed by atoms with Crippen molar-refractivity contribution in [2.24, 2.45) is 11.8 Å². The Morgan fingerprint density at radius 3 is 2.69 bits per heavy atom. The van der Waals surface area contributed by atoms with Crippen molar-refractivity contribution in [2.45, 2.75) is 63.5 Å². The maximum absolute atomic E-state index is 12.9. The number of amides is 1. The molecule has 1 aliphatic carbocycles. The molecule has 2 aromatic heterocycles. The van der Waals surface area contributed by atoms with Crippen LogP contribution in [0.15, 0.2) is 72.1 Å². The van der Waals surface area contributed by atoms with Crippen molar-refractivity contribution in [1.29, 1.82) is 0 Å². The van der Waals surface area contributed by atoms with Gasteiger partial charge in [0.2, 0.25) is 0 Å². The number of rotatable bonds is 7. The lowest BCUT2D eigenvalue weighted by Gasteiger charge is -2.34. The molecule has 1 saturated carbocycles. The van der Waals surface area contributed by atoms with E-state index in [-0.39, 0.29) is 11.9 Å². The normalized spacial score (nSPS) is 19.9. The van der Waals surface area contributed by atoms with Gasteiger partial charge in [-0.1, -0.05) is 74.8 Å². The summed E-state index contributed by atoms with van der Waals surface area (Å²) in [7, 11) is 0.